The van der Waals surface area contributed by atoms with Gasteiger partial charge in [0.15, 0.2) is 11.3 Å². The summed E-state index contributed by atoms with van der Waals surface area (Å²) in [5.41, 5.74) is 6.48. The molecule has 2 aromatic carbocycles. The number of aromatic nitrogens is 3. The molecule has 0 saturated carbocycles. The van der Waals surface area contributed by atoms with Crippen LogP contribution in [0, 0.1) is 19.4 Å². The molecule has 1 saturated heterocycles. The molecule has 0 aliphatic carbocycles. The standard InChI is InChI=1S/C28H29N5O2/c1-19-6-11-24(22(15-19)17-34)25-26(21-7-9-23(29-2)10-8-21)31-28(33-14-12-30-27(25)33)35-18-20-5-4-13-32(3)16-20/h6-12,14-15,20,34H,4-5,13,16-18H2,1,3H3/t20-/m1/s1. The Morgan fingerprint density at radius 2 is 2.03 bits per heavy atom. The summed E-state index contributed by atoms with van der Waals surface area (Å²) in [4.78, 5) is 15.6. The molecule has 4 aromatic rings. The molecule has 35 heavy (non-hydrogen) atoms. The van der Waals surface area contributed by atoms with E-state index in [1.54, 1.807) is 18.3 Å². The van der Waals surface area contributed by atoms with Gasteiger partial charge in [-0.05, 0) is 50.0 Å². The van der Waals surface area contributed by atoms with Gasteiger partial charge in [-0.2, -0.15) is 4.98 Å². The normalized spacial score (nSPS) is 16.3. The van der Waals surface area contributed by atoms with Crippen LogP contribution in [-0.4, -0.2) is 51.1 Å². The third kappa shape index (κ3) is 4.63. The molecule has 1 N–H and O–H groups in total. The van der Waals surface area contributed by atoms with E-state index >= 15 is 0 Å². The number of ether oxygens (including phenoxy) is 1. The smallest absolute Gasteiger partial charge is 0.302 e. The van der Waals surface area contributed by atoms with Crippen LogP contribution in [0.2, 0.25) is 0 Å². The Kier molecular flexibility index (Phi) is 6.49. The van der Waals surface area contributed by atoms with Gasteiger partial charge in [-0.3, -0.25) is 4.40 Å². The van der Waals surface area contributed by atoms with Gasteiger partial charge in [0.1, 0.15) is 0 Å². The second-order valence-electron chi connectivity index (χ2n) is 9.30. The molecule has 0 spiro atoms. The number of aliphatic hydroxyl groups excluding tert-OH is 1. The van der Waals surface area contributed by atoms with E-state index in [9.17, 15) is 5.11 Å². The molecule has 3 heterocycles. The number of rotatable bonds is 6. The Morgan fingerprint density at radius 1 is 1.20 bits per heavy atom. The van der Waals surface area contributed by atoms with Crippen LogP contribution < -0.4 is 4.74 Å². The lowest BCUT2D eigenvalue weighted by atomic mass is 9.95. The zero-order valence-corrected chi connectivity index (χ0v) is 20.1. The second kappa shape index (κ2) is 9.87. The lowest BCUT2D eigenvalue weighted by Gasteiger charge is -2.29. The van der Waals surface area contributed by atoms with Crippen LogP contribution >= 0.6 is 0 Å². The Labute approximate surface area is 205 Å². The molecule has 1 atom stereocenters. The summed E-state index contributed by atoms with van der Waals surface area (Å²) in [5, 5.41) is 10.2. The van der Waals surface area contributed by atoms with Gasteiger partial charge >= 0.3 is 6.01 Å². The molecular formula is C28H29N5O2. The molecule has 178 valence electrons. The van der Waals surface area contributed by atoms with E-state index in [-0.39, 0.29) is 6.61 Å². The Morgan fingerprint density at radius 3 is 2.77 bits per heavy atom. The number of hydrogen-bond donors (Lipinski definition) is 1. The topological polar surface area (TPSA) is 67.2 Å². The van der Waals surface area contributed by atoms with Gasteiger partial charge in [0.05, 0.1) is 31.0 Å². The number of aliphatic hydroxyl groups is 1. The molecule has 0 radical (unpaired) electrons. The quantitative estimate of drug-likeness (QED) is 0.398. The maximum atomic E-state index is 10.2. The summed E-state index contributed by atoms with van der Waals surface area (Å²) < 4.78 is 8.22. The van der Waals surface area contributed by atoms with Crippen LogP contribution in [0.3, 0.4) is 0 Å². The monoisotopic (exact) mass is 467 g/mol. The first-order chi connectivity index (χ1) is 17.1. The first kappa shape index (κ1) is 23.0. The molecule has 2 aromatic heterocycles. The van der Waals surface area contributed by atoms with Crippen LogP contribution in [0.15, 0.2) is 54.9 Å². The van der Waals surface area contributed by atoms with Crippen molar-refractivity contribution in [1.82, 2.24) is 19.3 Å². The van der Waals surface area contributed by atoms with E-state index in [1.165, 1.54) is 6.42 Å². The van der Waals surface area contributed by atoms with E-state index in [2.05, 4.69) is 21.8 Å². The van der Waals surface area contributed by atoms with Crippen molar-refractivity contribution in [3.8, 4) is 28.4 Å². The maximum absolute atomic E-state index is 10.2. The molecule has 5 rings (SSSR count). The van der Waals surface area contributed by atoms with Crippen LogP contribution in [0.4, 0.5) is 5.69 Å². The second-order valence-corrected chi connectivity index (χ2v) is 9.30. The van der Waals surface area contributed by atoms with E-state index in [0.29, 0.717) is 24.2 Å². The highest BCUT2D eigenvalue weighted by atomic mass is 16.5. The van der Waals surface area contributed by atoms with E-state index < -0.39 is 0 Å². The molecule has 7 nitrogen and oxygen atoms in total. The van der Waals surface area contributed by atoms with Crippen LogP contribution in [0.25, 0.3) is 32.9 Å². The average molecular weight is 468 g/mol. The highest BCUT2D eigenvalue weighted by Gasteiger charge is 2.23. The minimum absolute atomic E-state index is 0.0898. The molecule has 1 aliphatic rings. The Balaban J connectivity index is 1.66. The summed E-state index contributed by atoms with van der Waals surface area (Å²) in [6.45, 7) is 12.0. The summed E-state index contributed by atoms with van der Waals surface area (Å²) in [5.74, 6) is 0.452. The van der Waals surface area contributed by atoms with Crippen molar-refractivity contribution in [2.75, 3.05) is 26.7 Å². The number of hydrogen-bond acceptors (Lipinski definition) is 5. The van der Waals surface area contributed by atoms with Crippen molar-refractivity contribution in [2.45, 2.75) is 26.4 Å². The third-order valence-electron chi connectivity index (χ3n) is 6.66. The van der Waals surface area contributed by atoms with Gasteiger partial charge in [-0.25, -0.2) is 9.83 Å². The number of imidazole rings is 1. The van der Waals surface area contributed by atoms with Gasteiger partial charge in [0.2, 0.25) is 0 Å². The minimum Gasteiger partial charge on any atom is -0.464 e. The molecule has 1 aliphatic heterocycles. The van der Waals surface area contributed by atoms with Crippen LogP contribution in [0.5, 0.6) is 6.01 Å². The Bertz CT molecular complexity index is 1390. The minimum atomic E-state index is -0.0898. The summed E-state index contributed by atoms with van der Waals surface area (Å²) in [6.07, 6.45) is 5.93. The molecular weight excluding hydrogens is 438 g/mol. The van der Waals surface area contributed by atoms with Crippen molar-refractivity contribution in [2.24, 2.45) is 5.92 Å². The van der Waals surface area contributed by atoms with E-state index in [4.69, 9.17) is 16.3 Å². The van der Waals surface area contributed by atoms with Crippen molar-refractivity contribution in [1.29, 1.82) is 0 Å². The van der Waals surface area contributed by atoms with Crippen LogP contribution in [-0.2, 0) is 6.61 Å². The number of likely N-dealkylation sites (tertiary alicyclic amines) is 1. The summed E-state index contributed by atoms with van der Waals surface area (Å²) in [7, 11) is 2.15. The summed E-state index contributed by atoms with van der Waals surface area (Å²) >= 11 is 0. The highest BCUT2D eigenvalue weighted by Crippen LogP contribution is 2.38. The first-order valence-corrected chi connectivity index (χ1v) is 11.9. The van der Waals surface area contributed by atoms with Crippen molar-refractivity contribution >= 4 is 11.3 Å². The fourth-order valence-electron chi connectivity index (χ4n) is 4.91. The molecule has 0 amide bonds. The SMILES string of the molecule is [C-]#[N+]c1ccc(-c2nc(OC[C@@H]3CCCN(C)C3)n3ccnc3c2-c2ccc(C)cc2CO)cc1. The number of nitrogens with zero attached hydrogens (tertiary/aromatic N) is 5. The van der Waals surface area contributed by atoms with Crippen molar-refractivity contribution in [3.63, 3.8) is 0 Å². The molecule has 0 unspecified atom stereocenters. The van der Waals surface area contributed by atoms with Gasteiger partial charge in [0.25, 0.3) is 0 Å². The maximum Gasteiger partial charge on any atom is 0.302 e. The largest absolute Gasteiger partial charge is 0.464 e. The number of piperidine rings is 1. The lowest BCUT2D eigenvalue weighted by Crippen LogP contribution is -2.35. The van der Waals surface area contributed by atoms with Gasteiger partial charge in [-0.1, -0.05) is 48.0 Å². The molecule has 0 bridgehead atoms. The highest BCUT2D eigenvalue weighted by molar-refractivity contribution is 5.91. The van der Waals surface area contributed by atoms with Crippen molar-refractivity contribution < 1.29 is 9.84 Å². The zero-order chi connectivity index (χ0) is 24.4. The average Bonchev–Trinajstić information content (AvgIpc) is 3.37. The van der Waals surface area contributed by atoms with Crippen molar-refractivity contribution in [3.05, 3.63) is 77.4 Å². The third-order valence-corrected chi connectivity index (χ3v) is 6.66. The zero-order valence-electron chi connectivity index (χ0n) is 20.1. The molecule has 7 heteroatoms. The number of benzene rings is 2. The van der Waals surface area contributed by atoms with Gasteiger partial charge in [0, 0.05) is 24.9 Å². The van der Waals surface area contributed by atoms with Gasteiger partial charge in [-0.15, -0.1) is 0 Å². The molecule has 1 fully saturated rings. The fourth-order valence-corrected chi connectivity index (χ4v) is 4.91. The number of fused-ring (bicyclic) bond motifs is 1. The predicted octanol–water partition coefficient (Wildman–Crippen LogP) is 5.14. The van der Waals surface area contributed by atoms with Crippen LogP contribution in [0.1, 0.15) is 24.0 Å². The number of aryl methyl sites for hydroxylation is 1. The lowest BCUT2D eigenvalue weighted by molar-refractivity contribution is 0.143. The van der Waals surface area contributed by atoms with Gasteiger partial charge < -0.3 is 14.7 Å². The van der Waals surface area contributed by atoms with E-state index in [0.717, 1.165) is 58.7 Å². The predicted molar refractivity (Wildman–Crippen MR) is 136 cm³/mol. The summed E-state index contributed by atoms with van der Waals surface area (Å²) in [6, 6.07) is 13.9. The van der Waals surface area contributed by atoms with E-state index in [1.807, 2.05) is 47.9 Å². The Hall–Kier alpha value is -3.73. The first-order valence-electron chi connectivity index (χ1n) is 11.9. The fraction of sp³-hybridized carbons (Fsp3) is 0.321.